The molecule has 1 atom stereocenters. The Bertz CT molecular complexity index is 1480. The Labute approximate surface area is 215 Å². The van der Waals surface area contributed by atoms with Gasteiger partial charge >= 0.3 is 0 Å². The molecule has 1 unspecified atom stereocenters. The highest BCUT2D eigenvalue weighted by atomic mass is 16.5. The first-order chi connectivity index (χ1) is 18.0. The van der Waals surface area contributed by atoms with Crippen LogP contribution in [-0.2, 0) is 16.1 Å². The average molecular weight is 494 g/mol. The summed E-state index contributed by atoms with van der Waals surface area (Å²) in [7, 11) is 1.58. The molecule has 1 saturated heterocycles. The van der Waals surface area contributed by atoms with Crippen LogP contribution in [0.2, 0.25) is 0 Å². The van der Waals surface area contributed by atoms with Gasteiger partial charge in [0.15, 0.2) is 0 Å². The lowest BCUT2D eigenvalue weighted by Crippen LogP contribution is -2.29. The van der Waals surface area contributed by atoms with E-state index in [9.17, 15) is 14.7 Å². The van der Waals surface area contributed by atoms with Crippen LogP contribution in [0.4, 0.5) is 0 Å². The normalized spacial score (nSPS) is 16.8. The highest BCUT2D eigenvalue weighted by molar-refractivity contribution is 6.46. The van der Waals surface area contributed by atoms with Crippen molar-refractivity contribution in [2.24, 2.45) is 0 Å². The van der Waals surface area contributed by atoms with Gasteiger partial charge < -0.3 is 19.5 Å². The number of fused-ring (bicyclic) bond motifs is 1. The summed E-state index contributed by atoms with van der Waals surface area (Å²) in [5.41, 5.74) is 2.12. The summed E-state index contributed by atoms with van der Waals surface area (Å²) in [4.78, 5) is 28.3. The Kier molecular flexibility index (Phi) is 6.64. The average Bonchev–Trinajstić information content (AvgIpc) is 3.18. The number of aliphatic hydroxyl groups is 1. The first kappa shape index (κ1) is 24.1. The molecule has 0 bridgehead atoms. The molecule has 1 fully saturated rings. The van der Waals surface area contributed by atoms with Gasteiger partial charge in [0.05, 0.1) is 25.3 Å². The zero-order valence-corrected chi connectivity index (χ0v) is 20.7. The topological polar surface area (TPSA) is 76.1 Å². The first-order valence-electron chi connectivity index (χ1n) is 12.1. The molecule has 0 spiro atoms. The maximum Gasteiger partial charge on any atom is 0.295 e. The second-order valence-corrected chi connectivity index (χ2v) is 8.80. The molecule has 1 aliphatic rings. The number of ether oxygens (including phenoxy) is 2. The van der Waals surface area contributed by atoms with Crippen molar-refractivity contribution in [1.29, 1.82) is 0 Å². The van der Waals surface area contributed by atoms with Crippen LogP contribution in [0.3, 0.4) is 0 Å². The molecular weight excluding hydrogens is 466 g/mol. The summed E-state index contributed by atoms with van der Waals surface area (Å²) in [5, 5.41) is 13.3. The number of aliphatic hydroxyl groups excluding tert-OH is 1. The molecular formula is C31H27NO5. The predicted molar refractivity (Wildman–Crippen MR) is 142 cm³/mol. The SMILES string of the molecule is CCOc1ccc(CN2C(=O)C(=O)/C(=C(\O)c3cccc4ccccc34)C2c2ccc(OC)cc2)cc1. The van der Waals surface area contributed by atoms with Crippen LogP contribution in [0, 0.1) is 0 Å². The van der Waals surface area contributed by atoms with Gasteiger partial charge in [0.1, 0.15) is 17.3 Å². The summed E-state index contributed by atoms with van der Waals surface area (Å²) in [6.07, 6.45) is 0. The third-order valence-electron chi connectivity index (χ3n) is 6.60. The lowest BCUT2D eigenvalue weighted by molar-refractivity contribution is -0.140. The van der Waals surface area contributed by atoms with Crippen LogP contribution in [0.1, 0.15) is 29.7 Å². The minimum atomic E-state index is -0.767. The highest BCUT2D eigenvalue weighted by Crippen LogP contribution is 2.41. The largest absolute Gasteiger partial charge is 0.507 e. The number of carbonyl (C=O) groups is 2. The third-order valence-corrected chi connectivity index (χ3v) is 6.60. The van der Waals surface area contributed by atoms with Crippen molar-refractivity contribution in [3.05, 3.63) is 113 Å². The van der Waals surface area contributed by atoms with Gasteiger partial charge in [-0.2, -0.15) is 0 Å². The molecule has 1 aliphatic heterocycles. The molecule has 4 aromatic rings. The molecule has 6 heteroatoms. The van der Waals surface area contributed by atoms with Gasteiger partial charge in [-0.1, -0.05) is 66.7 Å². The van der Waals surface area contributed by atoms with Crippen LogP contribution in [0.15, 0.2) is 96.6 Å². The van der Waals surface area contributed by atoms with Crippen LogP contribution in [0.5, 0.6) is 11.5 Å². The fraction of sp³-hybridized carbons (Fsp3) is 0.161. The van der Waals surface area contributed by atoms with E-state index in [1.807, 2.05) is 79.7 Å². The van der Waals surface area contributed by atoms with E-state index in [0.717, 1.165) is 22.1 Å². The maximum atomic E-state index is 13.4. The van der Waals surface area contributed by atoms with Gasteiger partial charge in [-0.3, -0.25) is 9.59 Å². The Morgan fingerprint density at radius 3 is 2.24 bits per heavy atom. The number of amides is 1. The molecule has 1 amide bonds. The summed E-state index contributed by atoms with van der Waals surface area (Å²) >= 11 is 0. The molecule has 37 heavy (non-hydrogen) atoms. The van der Waals surface area contributed by atoms with Gasteiger partial charge in [-0.25, -0.2) is 0 Å². The highest BCUT2D eigenvalue weighted by Gasteiger charge is 2.46. The number of likely N-dealkylation sites (tertiary alicyclic amines) is 1. The lowest BCUT2D eigenvalue weighted by Gasteiger charge is -2.26. The Morgan fingerprint density at radius 1 is 0.865 bits per heavy atom. The minimum absolute atomic E-state index is 0.0671. The van der Waals surface area contributed by atoms with E-state index in [2.05, 4.69) is 0 Å². The number of nitrogens with zero attached hydrogens (tertiary/aromatic N) is 1. The van der Waals surface area contributed by atoms with Crippen LogP contribution in [-0.4, -0.2) is 35.4 Å². The second kappa shape index (κ2) is 10.2. The molecule has 0 saturated carbocycles. The summed E-state index contributed by atoms with van der Waals surface area (Å²) in [5.74, 6) is -0.170. The van der Waals surface area contributed by atoms with Gasteiger partial charge in [0.2, 0.25) is 0 Å². The van der Waals surface area contributed by atoms with Gasteiger partial charge in [0, 0.05) is 12.1 Å². The van der Waals surface area contributed by atoms with Gasteiger partial charge in [-0.15, -0.1) is 0 Å². The van der Waals surface area contributed by atoms with Crippen molar-refractivity contribution in [1.82, 2.24) is 4.90 Å². The number of hydrogen-bond acceptors (Lipinski definition) is 5. The second-order valence-electron chi connectivity index (χ2n) is 8.80. The molecule has 0 radical (unpaired) electrons. The molecule has 1 N–H and O–H groups in total. The minimum Gasteiger partial charge on any atom is -0.507 e. The number of carbonyl (C=O) groups excluding carboxylic acids is 2. The van der Waals surface area contributed by atoms with Gasteiger partial charge in [0.25, 0.3) is 11.7 Å². The third kappa shape index (κ3) is 4.54. The van der Waals surface area contributed by atoms with E-state index >= 15 is 0 Å². The Morgan fingerprint density at radius 2 is 1.54 bits per heavy atom. The molecule has 0 aromatic heterocycles. The van der Waals surface area contributed by atoms with Crippen LogP contribution >= 0.6 is 0 Å². The summed E-state index contributed by atoms with van der Waals surface area (Å²) < 4.78 is 10.8. The van der Waals surface area contributed by atoms with E-state index < -0.39 is 17.7 Å². The molecule has 1 heterocycles. The van der Waals surface area contributed by atoms with E-state index in [1.54, 1.807) is 25.3 Å². The van der Waals surface area contributed by atoms with E-state index in [1.165, 1.54) is 4.90 Å². The zero-order chi connectivity index (χ0) is 25.9. The van der Waals surface area contributed by atoms with E-state index in [-0.39, 0.29) is 17.9 Å². The first-order valence-corrected chi connectivity index (χ1v) is 12.1. The molecule has 186 valence electrons. The van der Waals surface area contributed by atoms with Crippen molar-refractivity contribution in [2.75, 3.05) is 13.7 Å². The van der Waals surface area contributed by atoms with Gasteiger partial charge in [-0.05, 0) is 53.1 Å². The van der Waals surface area contributed by atoms with Crippen molar-refractivity contribution in [2.45, 2.75) is 19.5 Å². The van der Waals surface area contributed by atoms with Crippen molar-refractivity contribution in [3.63, 3.8) is 0 Å². The number of methoxy groups -OCH3 is 1. The number of benzene rings is 4. The lowest BCUT2D eigenvalue weighted by atomic mass is 9.93. The Balaban J connectivity index is 1.64. The smallest absolute Gasteiger partial charge is 0.295 e. The van der Waals surface area contributed by atoms with Crippen LogP contribution in [0.25, 0.3) is 16.5 Å². The number of hydrogen-bond donors (Lipinski definition) is 1. The predicted octanol–water partition coefficient (Wildman–Crippen LogP) is 5.87. The van der Waals surface area contributed by atoms with E-state index in [4.69, 9.17) is 9.47 Å². The molecule has 5 rings (SSSR count). The zero-order valence-electron chi connectivity index (χ0n) is 20.7. The number of ketones is 1. The quantitative estimate of drug-likeness (QED) is 0.198. The summed E-state index contributed by atoms with van der Waals surface area (Å²) in [6, 6.07) is 27.0. The fourth-order valence-corrected chi connectivity index (χ4v) is 4.81. The fourth-order valence-electron chi connectivity index (χ4n) is 4.81. The standard InChI is InChI=1S/C31H27NO5/c1-3-37-24-15-11-20(12-16-24)19-32-28(22-13-17-23(36-2)18-14-22)27(30(34)31(32)35)29(33)26-10-6-8-21-7-4-5-9-25(21)26/h4-18,28,33H,3,19H2,1-2H3/b29-27-. The monoisotopic (exact) mass is 493 g/mol. The van der Waals surface area contributed by atoms with Crippen molar-refractivity contribution >= 4 is 28.2 Å². The molecule has 0 aliphatic carbocycles. The molecule has 4 aromatic carbocycles. The van der Waals surface area contributed by atoms with Crippen LogP contribution < -0.4 is 9.47 Å². The summed E-state index contributed by atoms with van der Waals surface area (Å²) in [6.45, 7) is 2.66. The van der Waals surface area contributed by atoms with E-state index in [0.29, 0.717) is 23.5 Å². The number of Topliss-reactive ketones (excluding diaryl/α,β-unsaturated/α-hetero) is 1. The Hall–Kier alpha value is -4.58. The maximum absolute atomic E-state index is 13.4. The van der Waals surface area contributed by atoms with Crippen molar-refractivity contribution in [3.8, 4) is 11.5 Å². The molecule has 6 nitrogen and oxygen atoms in total. The number of rotatable bonds is 7. The van der Waals surface area contributed by atoms with Crippen molar-refractivity contribution < 1.29 is 24.2 Å².